The van der Waals surface area contributed by atoms with Crippen molar-refractivity contribution < 1.29 is 14.0 Å². The number of aryl methyl sites for hydroxylation is 1. The standard InChI is InChI=1S/C35H45ClFN5O2/c1-23(2)33(39-32(43)22-36)34(44)40-16-13-35(14-17-40,25-7-6-8-26(37)19-25)15-18-41-27-11-12-28(41)21-29(20-27)42-24(3)38-30-9-4-5-10-31(30)42/h4-10,19,23,27-29,33H,11-18,20-22H2,1-3H3,(H,39,43)/t27?,28?,29?,33-/m0/s1. The van der Waals surface area contributed by atoms with Crippen molar-refractivity contribution in [2.45, 2.75) is 95.3 Å². The molecule has 6 rings (SSSR count). The third-order valence-corrected chi connectivity index (χ3v) is 10.9. The number of halogens is 2. The first kappa shape index (κ1) is 31.0. The van der Waals surface area contributed by atoms with Crippen LogP contribution in [0.5, 0.6) is 0 Å². The summed E-state index contributed by atoms with van der Waals surface area (Å²) in [6.45, 7) is 8.13. The number of benzene rings is 2. The fourth-order valence-electron chi connectivity index (χ4n) is 8.37. The molecule has 1 aromatic heterocycles. The Balaban J connectivity index is 1.17. The maximum atomic E-state index is 14.6. The normalized spacial score (nSPS) is 24.1. The van der Waals surface area contributed by atoms with Gasteiger partial charge in [0.25, 0.3) is 0 Å². The summed E-state index contributed by atoms with van der Waals surface area (Å²) in [7, 11) is 0. The minimum atomic E-state index is -0.601. The molecule has 3 aromatic rings. The molecule has 7 nitrogen and oxygen atoms in total. The van der Waals surface area contributed by atoms with Crippen LogP contribution >= 0.6 is 11.6 Å². The van der Waals surface area contributed by atoms with E-state index < -0.39 is 6.04 Å². The molecule has 3 fully saturated rings. The van der Waals surface area contributed by atoms with Crippen molar-refractivity contribution in [3.63, 3.8) is 0 Å². The van der Waals surface area contributed by atoms with Gasteiger partial charge in [0.05, 0.1) is 11.0 Å². The van der Waals surface area contributed by atoms with Crippen molar-refractivity contribution in [2.75, 3.05) is 25.5 Å². The van der Waals surface area contributed by atoms with E-state index in [1.165, 1.54) is 24.4 Å². The SMILES string of the molecule is Cc1nc2ccccc2n1C1CC2CCC(C1)N2CCC1(c2cccc(F)c2)CCN(C(=O)[C@@H](NC(=O)CCl)C(C)C)CC1. The monoisotopic (exact) mass is 621 g/mol. The average Bonchev–Trinajstić information content (AvgIpc) is 3.48. The number of carbonyl (C=O) groups is 2. The molecule has 3 aliphatic heterocycles. The number of hydrogen-bond acceptors (Lipinski definition) is 4. The van der Waals surface area contributed by atoms with E-state index in [2.05, 4.69) is 52.0 Å². The van der Waals surface area contributed by atoms with E-state index in [0.29, 0.717) is 31.2 Å². The number of nitrogens with one attached hydrogen (secondary N) is 1. The molecule has 3 aliphatic rings. The van der Waals surface area contributed by atoms with Crippen molar-refractivity contribution in [3.05, 3.63) is 65.7 Å². The first-order chi connectivity index (χ1) is 21.2. The number of fused-ring (bicyclic) bond motifs is 3. The van der Waals surface area contributed by atoms with E-state index in [0.717, 1.165) is 55.6 Å². The van der Waals surface area contributed by atoms with Gasteiger partial charge in [-0.05, 0) is 99.6 Å². The minimum absolute atomic E-state index is 0.0490. The molecule has 2 aromatic carbocycles. The highest BCUT2D eigenvalue weighted by Crippen LogP contribution is 2.45. The molecule has 0 radical (unpaired) electrons. The van der Waals surface area contributed by atoms with E-state index in [4.69, 9.17) is 16.6 Å². The highest BCUT2D eigenvalue weighted by atomic mass is 35.5. The Labute approximate surface area is 265 Å². The first-order valence-corrected chi connectivity index (χ1v) is 16.8. The van der Waals surface area contributed by atoms with Crippen LogP contribution in [0.3, 0.4) is 0 Å². The summed E-state index contributed by atoms with van der Waals surface area (Å²) < 4.78 is 17.0. The van der Waals surface area contributed by atoms with Crippen LogP contribution in [0.4, 0.5) is 4.39 Å². The van der Waals surface area contributed by atoms with Crippen molar-refractivity contribution in [1.29, 1.82) is 0 Å². The lowest BCUT2D eigenvalue weighted by atomic mass is 9.70. The Morgan fingerprint density at radius 2 is 1.75 bits per heavy atom. The minimum Gasteiger partial charge on any atom is -0.343 e. The number of imidazole rings is 1. The van der Waals surface area contributed by atoms with Crippen LogP contribution in [0, 0.1) is 18.7 Å². The topological polar surface area (TPSA) is 70.5 Å². The van der Waals surface area contributed by atoms with Gasteiger partial charge in [-0.3, -0.25) is 14.5 Å². The van der Waals surface area contributed by atoms with Crippen molar-refractivity contribution >= 4 is 34.4 Å². The summed E-state index contributed by atoms with van der Waals surface area (Å²) in [5, 5.41) is 2.81. The largest absolute Gasteiger partial charge is 0.343 e. The Morgan fingerprint density at radius 3 is 2.41 bits per heavy atom. The number of likely N-dealkylation sites (tertiary alicyclic amines) is 1. The van der Waals surface area contributed by atoms with Gasteiger partial charge in [-0.2, -0.15) is 0 Å². The van der Waals surface area contributed by atoms with E-state index in [1.807, 2.05) is 24.8 Å². The molecule has 2 bridgehead atoms. The number of nitrogens with zero attached hydrogens (tertiary/aromatic N) is 4. The number of alkyl halides is 1. The van der Waals surface area contributed by atoms with Crippen molar-refractivity contribution in [3.8, 4) is 0 Å². The van der Waals surface area contributed by atoms with Gasteiger partial charge in [-0.1, -0.05) is 38.1 Å². The van der Waals surface area contributed by atoms with Gasteiger partial charge in [0.2, 0.25) is 11.8 Å². The van der Waals surface area contributed by atoms with Gasteiger partial charge in [0.15, 0.2) is 0 Å². The molecular formula is C35H45ClFN5O2. The quantitative estimate of drug-likeness (QED) is 0.299. The lowest BCUT2D eigenvalue weighted by Crippen LogP contribution is -2.55. The maximum absolute atomic E-state index is 14.6. The van der Waals surface area contributed by atoms with Gasteiger partial charge in [-0.25, -0.2) is 9.37 Å². The number of aromatic nitrogens is 2. The molecule has 2 amide bonds. The average molecular weight is 622 g/mol. The summed E-state index contributed by atoms with van der Waals surface area (Å²) in [6.07, 6.45) is 7.14. The highest BCUT2D eigenvalue weighted by molar-refractivity contribution is 6.27. The van der Waals surface area contributed by atoms with Crippen LogP contribution in [0.1, 0.15) is 76.2 Å². The Hall–Kier alpha value is -2.97. The zero-order chi connectivity index (χ0) is 31.0. The third-order valence-electron chi connectivity index (χ3n) is 10.7. The first-order valence-electron chi connectivity index (χ1n) is 16.3. The van der Waals surface area contributed by atoms with Gasteiger partial charge in [0.1, 0.15) is 23.6 Å². The number of rotatable bonds is 9. The predicted octanol–water partition coefficient (Wildman–Crippen LogP) is 5.98. The molecular weight excluding hydrogens is 577 g/mol. The molecule has 3 saturated heterocycles. The van der Waals surface area contributed by atoms with E-state index in [-0.39, 0.29) is 34.8 Å². The Bertz CT molecular complexity index is 1490. The summed E-state index contributed by atoms with van der Waals surface area (Å²) in [5.41, 5.74) is 3.13. The molecule has 1 N–H and O–H groups in total. The number of para-hydroxylation sites is 2. The lowest BCUT2D eigenvalue weighted by Gasteiger charge is -2.46. The summed E-state index contributed by atoms with van der Waals surface area (Å²) >= 11 is 5.72. The third kappa shape index (κ3) is 6.00. The zero-order valence-electron chi connectivity index (χ0n) is 26.1. The van der Waals surface area contributed by atoms with Crippen LogP contribution in [0.25, 0.3) is 11.0 Å². The molecule has 44 heavy (non-hydrogen) atoms. The molecule has 2 unspecified atom stereocenters. The summed E-state index contributed by atoms with van der Waals surface area (Å²) in [5.74, 6) is 0.266. The van der Waals surface area contributed by atoms with Gasteiger partial charge in [0, 0.05) is 31.2 Å². The number of amides is 2. The van der Waals surface area contributed by atoms with E-state index >= 15 is 0 Å². The second kappa shape index (κ2) is 12.8. The molecule has 9 heteroatoms. The fourth-order valence-corrected chi connectivity index (χ4v) is 8.45. The Kier molecular flexibility index (Phi) is 9.02. The Morgan fingerprint density at radius 1 is 1.05 bits per heavy atom. The maximum Gasteiger partial charge on any atom is 0.245 e. The summed E-state index contributed by atoms with van der Waals surface area (Å²) in [4.78, 5) is 35.0. The molecule has 0 aliphatic carbocycles. The highest BCUT2D eigenvalue weighted by Gasteiger charge is 2.44. The van der Waals surface area contributed by atoms with E-state index in [9.17, 15) is 14.0 Å². The lowest BCUT2D eigenvalue weighted by molar-refractivity contribution is -0.138. The fraction of sp³-hybridized carbons (Fsp3) is 0.571. The van der Waals surface area contributed by atoms with Crippen LogP contribution in [-0.2, 0) is 15.0 Å². The molecule has 4 heterocycles. The predicted molar refractivity (Wildman–Crippen MR) is 172 cm³/mol. The van der Waals surface area contributed by atoms with Crippen LogP contribution in [-0.4, -0.2) is 74.8 Å². The number of carbonyl (C=O) groups excluding carboxylic acids is 2. The number of piperidine rings is 2. The summed E-state index contributed by atoms with van der Waals surface area (Å²) in [6, 6.07) is 16.5. The molecule has 0 saturated carbocycles. The number of hydrogen-bond donors (Lipinski definition) is 1. The molecule has 0 spiro atoms. The van der Waals surface area contributed by atoms with Crippen LogP contribution in [0.15, 0.2) is 48.5 Å². The van der Waals surface area contributed by atoms with Gasteiger partial charge < -0.3 is 14.8 Å². The smallest absolute Gasteiger partial charge is 0.245 e. The zero-order valence-corrected chi connectivity index (χ0v) is 26.9. The second-order valence-electron chi connectivity index (χ2n) is 13.6. The van der Waals surface area contributed by atoms with Crippen molar-refractivity contribution in [1.82, 2.24) is 24.7 Å². The second-order valence-corrected chi connectivity index (χ2v) is 13.8. The molecule has 3 atom stereocenters. The van der Waals surface area contributed by atoms with Crippen LogP contribution < -0.4 is 5.32 Å². The van der Waals surface area contributed by atoms with Crippen LogP contribution in [0.2, 0.25) is 0 Å². The molecule has 236 valence electrons. The van der Waals surface area contributed by atoms with Gasteiger partial charge in [-0.15, -0.1) is 11.6 Å². The van der Waals surface area contributed by atoms with Crippen molar-refractivity contribution in [2.24, 2.45) is 5.92 Å². The van der Waals surface area contributed by atoms with Gasteiger partial charge >= 0.3 is 0 Å². The van der Waals surface area contributed by atoms with E-state index in [1.54, 1.807) is 6.07 Å².